The first-order valence-electron chi connectivity index (χ1n) is 3.29. The molecule has 0 N–H and O–H groups in total. The van der Waals surface area contributed by atoms with Crippen LogP contribution in [0.25, 0.3) is 0 Å². The molecular weight excluding hydrogens is 171 g/mol. The van der Waals surface area contributed by atoms with Crippen LogP contribution in [0.5, 0.6) is 0 Å². The maximum absolute atomic E-state index is 10.7. The summed E-state index contributed by atoms with van der Waals surface area (Å²) in [5.41, 5.74) is 0.883. The van der Waals surface area contributed by atoms with E-state index < -0.39 is 9.84 Å². The fourth-order valence-electron chi connectivity index (χ4n) is 0.610. The highest BCUT2D eigenvalue weighted by molar-refractivity contribution is 7.90. The molecule has 0 aliphatic carbocycles. The molecule has 0 aromatic rings. The minimum Gasteiger partial charge on any atom is -0.229 e. The van der Waals surface area contributed by atoms with Gasteiger partial charge >= 0.3 is 0 Å². The normalized spacial score (nSPS) is 11.8. The van der Waals surface area contributed by atoms with E-state index in [0.29, 0.717) is 11.0 Å². The maximum Gasteiger partial charge on any atom is 0.151 e. The van der Waals surface area contributed by atoms with E-state index in [2.05, 4.69) is 13.2 Å². The van der Waals surface area contributed by atoms with Crippen molar-refractivity contribution in [1.29, 1.82) is 0 Å². The molecule has 0 aliphatic heterocycles. The third-order valence-corrected chi connectivity index (χ3v) is 1.88. The average Bonchev–Trinajstić information content (AvgIpc) is 1.79. The van der Waals surface area contributed by atoms with Crippen molar-refractivity contribution in [2.45, 2.75) is 0 Å². The molecule has 0 spiro atoms. The number of hydrogen-bond donors (Lipinski definition) is 0. The van der Waals surface area contributed by atoms with Crippen LogP contribution in [0.2, 0.25) is 0 Å². The molecule has 64 valence electrons. The van der Waals surface area contributed by atoms with Gasteiger partial charge in [-0.3, -0.25) is 0 Å². The standard InChI is InChI=1S/C8H11BO2S/c1-7(4-5-8(2)9)6-12(3,10)11/h4-5H,1-2,6H2,3H3/b5-4-. The van der Waals surface area contributed by atoms with Crippen molar-refractivity contribution in [3.05, 3.63) is 36.4 Å². The van der Waals surface area contributed by atoms with Gasteiger partial charge in [0.1, 0.15) is 7.85 Å². The third-order valence-electron chi connectivity index (χ3n) is 0.981. The van der Waals surface area contributed by atoms with Crippen LogP contribution >= 0.6 is 0 Å². The molecular formula is C8H11BO2S. The quantitative estimate of drug-likeness (QED) is 0.476. The minimum atomic E-state index is -2.99. The summed E-state index contributed by atoms with van der Waals surface area (Å²) < 4.78 is 21.5. The highest BCUT2D eigenvalue weighted by atomic mass is 32.2. The van der Waals surface area contributed by atoms with Gasteiger partial charge in [0.15, 0.2) is 9.84 Å². The molecule has 4 heteroatoms. The Hall–Kier alpha value is -0.765. The molecule has 0 atom stereocenters. The Kier molecular flexibility index (Phi) is 4.03. The van der Waals surface area contributed by atoms with Crippen LogP contribution in [0.3, 0.4) is 0 Å². The van der Waals surface area contributed by atoms with Crippen molar-refractivity contribution in [3.63, 3.8) is 0 Å². The predicted octanol–water partition coefficient (Wildman–Crippen LogP) is 0.826. The second-order valence-corrected chi connectivity index (χ2v) is 4.78. The van der Waals surface area contributed by atoms with Gasteiger partial charge in [0.2, 0.25) is 0 Å². The number of rotatable bonds is 4. The van der Waals surface area contributed by atoms with E-state index in [9.17, 15) is 8.42 Å². The van der Waals surface area contributed by atoms with Crippen molar-refractivity contribution in [3.8, 4) is 0 Å². The predicted molar refractivity (Wildman–Crippen MR) is 52.9 cm³/mol. The van der Waals surface area contributed by atoms with Crippen molar-refractivity contribution < 1.29 is 8.42 Å². The van der Waals surface area contributed by atoms with Crippen LogP contribution in [-0.4, -0.2) is 28.3 Å². The van der Waals surface area contributed by atoms with Gasteiger partial charge in [-0.25, -0.2) is 8.42 Å². The van der Waals surface area contributed by atoms with E-state index in [1.807, 2.05) is 0 Å². The van der Waals surface area contributed by atoms with Gasteiger partial charge in [0.25, 0.3) is 0 Å². The van der Waals surface area contributed by atoms with E-state index in [0.717, 1.165) is 6.26 Å². The zero-order valence-corrected chi connectivity index (χ0v) is 7.89. The van der Waals surface area contributed by atoms with Crippen LogP contribution in [0.15, 0.2) is 36.4 Å². The third kappa shape index (κ3) is 7.34. The Morgan fingerprint density at radius 1 is 1.42 bits per heavy atom. The monoisotopic (exact) mass is 182 g/mol. The minimum absolute atomic E-state index is 0.0449. The lowest BCUT2D eigenvalue weighted by atomic mass is 9.97. The van der Waals surface area contributed by atoms with Gasteiger partial charge in [-0.1, -0.05) is 18.7 Å². The SMILES string of the molecule is [B]C(=C)/C=C\C(=C)CS(C)(=O)=O. The highest BCUT2D eigenvalue weighted by Gasteiger charge is 2.01. The molecule has 2 radical (unpaired) electrons. The molecule has 0 aromatic heterocycles. The summed E-state index contributed by atoms with van der Waals surface area (Å²) in [7, 11) is 2.24. The van der Waals surface area contributed by atoms with Crippen LogP contribution in [0.1, 0.15) is 0 Å². The van der Waals surface area contributed by atoms with E-state index in [1.54, 1.807) is 6.08 Å². The summed E-state index contributed by atoms with van der Waals surface area (Å²) in [5.74, 6) is -0.0449. The molecule has 0 saturated carbocycles. The van der Waals surface area contributed by atoms with Crippen LogP contribution in [0.4, 0.5) is 0 Å². The largest absolute Gasteiger partial charge is 0.229 e. The second kappa shape index (κ2) is 4.31. The van der Waals surface area contributed by atoms with Gasteiger partial charge in [-0.2, -0.15) is 0 Å². The topological polar surface area (TPSA) is 34.1 Å². The van der Waals surface area contributed by atoms with Gasteiger partial charge in [0, 0.05) is 6.26 Å². The Morgan fingerprint density at radius 2 is 1.92 bits per heavy atom. The first kappa shape index (κ1) is 11.2. The number of allylic oxidation sites excluding steroid dienone is 3. The lowest BCUT2D eigenvalue weighted by Crippen LogP contribution is -2.03. The van der Waals surface area contributed by atoms with Gasteiger partial charge in [-0.15, -0.1) is 12.1 Å². The van der Waals surface area contributed by atoms with Gasteiger partial charge < -0.3 is 0 Å². The Labute approximate surface area is 75.0 Å². The molecule has 0 saturated heterocycles. The second-order valence-electron chi connectivity index (χ2n) is 2.64. The summed E-state index contributed by atoms with van der Waals surface area (Å²) in [6, 6.07) is 0. The lowest BCUT2D eigenvalue weighted by molar-refractivity contribution is 0.604. The molecule has 0 fully saturated rings. The molecule has 0 aromatic carbocycles. The fraction of sp³-hybridized carbons (Fsp3) is 0.250. The molecule has 0 heterocycles. The summed E-state index contributed by atoms with van der Waals surface area (Å²) in [6.45, 7) is 6.97. The van der Waals surface area contributed by atoms with Crippen molar-refractivity contribution in [1.82, 2.24) is 0 Å². The van der Waals surface area contributed by atoms with Crippen LogP contribution < -0.4 is 0 Å². The molecule has 0 aliphatic rings. The van der Waals surface area contributed by atoms with Gasteiger partial charge in [0.05, 0.1) is 5.75 Å². The van der Waals surface area contributed by atoms with Crippen molar-refractivity contribution in [2.75, 3.05) is 12.0 Å². The Morgan fingerprint density at radius 3 is 2.25 bits per heavy atom. The van der Waals surface area contributed by atoms with E-state index in [-0.39, 0.29) is 5.75 Å². The molecule has 0 amide bonds. The molecule has 0 bridgehead atoms. The maximum atomic E-state index is 10.7. The number of sulfone groups is 1. The lowest BCUT2D eigenvalue weighted by Gasteiger charge is -1.96. The van der Waals surface area contributed by atoms with E-state index >= 15 is 0 Å². The average molecular weight is 182 g/mol. The van der Waals surface area contributed by atoms with Crippen LogP contribution in [-0.2, 0) is 9.84 Å². The Bertz CT molecular complexity index is 312. The summed E-state index contributed by atoms with van der Waals surface area (Å²) in [4.78, 5) is 0. The molecule has 2 nitrogen and oxygen atoms in total. The van der Waals surface area contributed by atoms with Crippen LogP contribution in [0, 0.1) is 0 Å². The zero-order valence-electron chi connectivity index (χ0n) is 7.08. The van der Waals surface area contributed by atoms with Gasteiger partial charge in [-0.05, 0) is 5.57 Å². The molecule has 0 rings (SSSR count). The molecule has 0 unspecified atom stereocenters. The summed E-state index contributed by atoms with van der Waals surface area (Å²) in [5, 5.41) is 0. The van der Waals surface area contributed by atoms with Crippen molar-refractivity contribution in [2.24, 2.45) is 0 Å². The zero-order chi connectivity index (χ0) is 9.78. The summed E-state index contributed by atoms with van der Waals surface area (Å²) in [6.07, 6.45) is 4.22. The number of hydrogen-bond acceptors (Lipinski definition) is 2. The first-order valence-corrected chi connectivity index (χ1v) is 5.35. The first-order chi connectivity index (χ1) is 5.31. The Balaban J connectivity index is 4.18. The molecule has 12 heavy (non-hydrogen) atoms. The summed E-state index contributed by atoms with van der Waals surface area (Å²) >= 11 is 0. The fourth-order valence-corrected chi connectivity index (χ4v) is 1.38. The highest BCUT2D eigenvalue weighted by Crippen LogP contribution is 1.99. The van der Waals surface area contributed by atoms with E-state index in [4.69, 9.17) is 7.85 Å². The smallest absolute Gasteiger partial charge is 0.151 e. The van der Waals surface area contributed by atoms with E-state index in [1.165, 1.54) is 6.08 Å². The van der Waals surface area contributed by atoms with Crippen molar-refractivity contribution >= 4 is 17.7 Å².